The fourth-order valence-corrected chi connectivity index (χ4v) is 4.48. The lowest BCUT2D eigenvalue weighted by molar-refractivity contribution is -0.111. The average molecular weight is 556 g/mol. The second-order valence-corrected chi connectivity index (χ2v) is 8.75. The summed E-state index contributed by atoms with van der Waals surface area (Å²) in [7, 11) is 1.68. The van der Waals surface area contributed by atoms with E-state index in [9.17, 15) is 18.8 Å². The molecule has 0 fully saturated rings. The lowest BCUT2D eigenvalue weighted by Gasteiger charge is -2.12. The zero-order valence-corrected chi connectivity index (χ0v) is 21.4. The molecule has 9 nitrogen and oxygen atoms in total. The Labute approximate surface area is 231 Å². The summed E-state index contributed by atoms with van der Waals surface area (Å²) >= 11 is 0. The van der Waals surface area contributed by atoms with E-state index in [2.05, 4.69) is 32.9 Å². The van der Waals surface area contributed by atoms with Crippen molar-refractivity contribution in [2.24, 2.45) is 7.05 Å². The molecule has 0 spiro atoms. The van der Waals surface area contributed by atoms with Crippen LogP contribution in [0.2, 0.25) is 0 Å². The van der Waals surface area contributed by atoms with Gasteiger partial charge in [-0.3, -0.25) is 4.79 Å². The summed E-state index contributed by atoms with van der Waals surface area (Å²) in [5, 5.41) is 12.7. The van der Waals surface area contributed by atoms with Crippen molar-refractivity contribution in [2.45, 2.75) is 6.43 Å². The van der Waals surface area contributed by atoms with Crippen molar-refractivity contribution >= 4 is 28.3 Å². The normalized spacial score (nSPS) is 10.9. The molecule has 1 amide bonds. The van der Waals surface area contributed by atoms with Crippen LogP contribution in [0.5, 0.6) is 11.8 Å². The maximum atomic E-state index is 15.6. The highest BCUT2D eigenvalue weighted by Crippen LogP contribution is 2.44. The van der Waals surface area contributed by atoms with E-state index in [1.165, 1.54) is 24.5 Å². The van der Waals surface area contributed by atoms with Gasteiger partial charge in [0.1, 0.15) is 29.1 Å². The van der Waals surface area contributed by atoms with Crippen LogP contribution in [0.25, 0.3) is 33.3 Å². The predicted octanol–water partition coefficient (Wildman–Crippen LogP) is 6.14. The smallest absolute Gasteiger partial charge is 0.322 e. The number of rotatable bonds is 7. The van der Waals surface area contributed by atoms with Crippen LogP contribution in [0.1, 0.15) is 17.7 Å². The van der Waals surface area contributed by atoms with Crippen LogP contribution in [0.4, 0.5) is 24.7 Å². The summed E-state index contributed by atoms with van der Waals surface area (Å²) in [6.45, 7) is 3.39. The zero-order chi connectivity index (χ0) is 29.3. The number of nitrogen functional groups attached to an aromatic ring is 1. The van der Waals surface area contributed by atoms with Gasteiger partial charge in [0.15, 0.2) is 0 Å². The number of nitrogens with one attached hydrogen (secondary N) is 1. The Bertz CT molecular complexity index is 1860. The molecule has 3 heterocycles. The van der Waals surface area contributed by atoms with E-state index in [1.807, 2.05) is 0 Å². The summed E-state index contributed by atoms with van der Waals surface area (Å²) < 4.78 is 48.8. The first-order chi connectivity index (χ1) is 19.7. The molecule has 204 valence electrons. The lowest BCUT2D eigenvalue weighted by atomic mass is 9.97. The molecule has 0 saturated heterocycles. The Hall–Kier alpha value is -5.70. The maximum Gasteiger partial charge on any atom is 0.322 e. The van der Waals surface area contributed by atoms with Crippen molar-refractivity contribution in [3.8, 4) is 40.2 Å². The van der Waals surface area contributed by atoms with E-state index in [1.54, 1.807) is 41.9 Å². The topological polar surface area (TPSA) is 132 Å². The van der Waals surface area contributed by atoms with Crippen LogP contribution in [0, 0.1) is 17.1 Å². The first-order valence-electron chi connectivity index (χ1n) is 12.0. The Morgan fingerprint density at radius 2 is 1.95 bits per heavy atom. The van der Waals surface area contributed by atoms with Gasteiger partial charge < -0.3 is 20.4 Å². The van der Waals surface area contributed by atoms with Gasteiger partial charge in [0.25, 0.3) is 6.43 Å². The van der Waals surface area contributed by atoms with Crippen molar-refractivity contribution < 1.29 is 22.7 Å². The van der Waals surface area contributed by atoms with E-state index in [4.69, 9.17) is 10.5 Å². The van der Waals surface area contributed by atoms with E-state index in [0.717, 1.165) is 12.1 Å². The van der Waals surface area contributed by atoms with E-state index >= 15 is 4.39 Å². The van der Waals surface area contributed by atoms with Crippen LogP contribution >= 0.6 is 0 Å². The standard InChI is InChI=1S/C29H20F3N7O2/c1-3-22(40)37-17-6-9-19(20(30)12-17)26-23(24-25(39(26)2)16(13-33)14-36-28(24)34)15-4-7-18(8-5-15)41-29-35-11-10-21(38-29)27(31)32/h3-12,14,27H,1H2,2H3,(H2,34,36)(H,37,40). The average Bonchev–Trinajstić information content (AvgIpc) is 3.27. The van der Waals surface area contributed by atoms with E-state index in [-0.39, 0.29) is 34.4 Å². The van der Waals surface area contributed by atoms with Gasteiger partial charge in [0.05, 0.1) is 22.2 Å². The molecule has 0 unspecified atom stereocenters. The van der Waals surface area contributed by atoms with Crippen molar-refractivity contribution in [3.63, 3.8) is 0 Å². The summed E-state index contributed by atoms with van der Waals surface area (Å²) in [5.74, 6) is -0.739. The van der Waals surface area contributed by atoms with Gasteiger partial charge in [-0.25, -0.2) is 23.1 Å². The number of fused-ring (bicyclic) bond motifs is 1. The minimum atomic E-state index is -2.78. The molecule has 5 rings (SSSR count). The zero-order valence-electron chi connectivity index (χ0n) is 21.4. The van der Waals surface area contributed by atoms with Gasteiger partial charge in [0.2, 0.25) is 5.91 Å². The molecule has 41 heavy (non-hydrogen) atoms. The number of hydrogen-bond donors (Lipinski definition) is 2. The number of carbonyl (C=O) groups excluding carboxylic acids is 1. The van der Waals surface area contributed by atoms with Gasteiger partial charge in [-0.2, -0.15) is 10.2 Å². The molecule has 0 aliphatic carbocycles. The number of ether oxygens (including phenoxy) is 1. The van der Waals surface area contributed by atoms with Crippen LogP contribution in [-0.4, -0.2) is 25.4 Å². The molecule has 12 heteroatoms. The third kappa shape index (κ3) is 5.04. The largest absolute Gasteiger partial charge is 0.424 e. The molecule has 0 atom stereocenters. The van der Waals surface area contributed by atoms with Crippen molar-refractivity contribution in [1.29, 1.82) is 5.26 Å². The fraction of sp³-hybridized carbons (Fsp3) is 0.0690. The van der Waals surface area contributed by atoms with E-state index < -0.39 is 23.8 Å². The quantitative estimate of drug-likeness (QED) is 0.230. The number of nitrogens with two attached hydrogens (primary N) is 1. The van der Waals surface area contributed by atoms with Gasteiger partial charge in [-0.1, -0.05) is 18.7 Å². The maximum absolute atomic E-state index is 15.6. The van der Waals surface area contributed by atoms with Crippen molar-refractivity contribution in [1.82, 2.24) is 19.5 Å². The van der Waals surface area contributed by atoms with Gasteiger partial charge >= 0.3 is 6.01 Å². The van der Waals surface area contributed by atoms with Crippen LogP contribution < -0.4 is 15.8 Å². The molecule has 2 aromatic carbocycles. The minimum absolute atomic E-state index is 0.128. The number of pyridine rings is 1. The summed E-state index contributed by atoms with van der Waals surface area (Å²) in [6, 6.07) is 13.6. The molecule has 0 bridgehead atoms. The number of benzene rings is 2. The second-order valence-electron chi connectivity index (χ2n) is 8.75. The number of nitriles is 1. The molecule has 0 aliphatic heterocycles. The second kappa shape index (κ2) is 10.8. The number of halogens is 3. The number of alkyl halides is 2. The molecule has 0 aliphatic rings. The lowest BCUT2D eigenvalue weighted by Crippen LogP contribution is -2.07. The number of amides is 1. The Balaban J connectivity index is 1.65. The fourth-order valence-electron chi connectivity index (χ4n) is 4.48. The monoisotopic (exact) mass is 555 g/mol. The highest BCUT2D eigenvalue weighted by atomic mass is 19.3. The van der Waals surface area contributed by atoms with Gasteiger partial charge in [0, 0.05) is 36.3 Å². The Kier molecular flexibility index (Phi) is 7.09. The summed E-state index contributed by atoms with van der Waals surface area (Å²) in [5.41, 5.74) is 8.38. The minimum Gasteiger partial charge on any atom is -0.424 e. The van der Waals surface area contributed by atoms with Gasteiger partial charge in [-0.05, 0) is 48.0 Å². The van der Waals surface area contributed by atoms with Gasteiger partial charge in [-0.15, -0.1) is 0 Å². The summed E-state index contributed by atoms with van der Waals surface area (Å²) in [6.07, 6.45) is 0.811. The van der Waals surface area contributed by atoms with Crippen LogP contribution in [0.3, 0.4) is 0 Å². The molecule has 3 N–H and O–H groups in total. The molecule has 3 aromatic heterocycles. The Morgan fingerprint density at radius 1 is 1.20 bits per heavy atom. The number of anilines is 2. The number of carbonyl (C=O) groups is 1. The highest BCUT2D eigenvalue weighted by Gasteiger charge is 2.25. The van der Waals surface area contributed by atoms with Crippen molar-refractivity contribution in [3.05, 3.63) is 90.7 Å². The first kappa shape index (κ1) is 26.9. The SMILES string of the molecule is C=CC(=O)Nc1ccc(-c2c(-c3ccc(Oc4nccc(C(F)F)n4)cc3)c3c(N)ncc(C#N)c3n2C)c(F)c1. The Morgan fingerprint density at radius 3 is 2.61 bits per heavy atom. The number of aromatic nitrogens is 4. The third-order valence-electron chi connectivity index (χ3n) is 6.27. The van der Waals surface area contributed by atoms with E-state index in [0.29, 0.717) is 27.7 Å². The number of aryl methyl sites for hydroxylation is 1. The number of nitrogens with zero attached hydrogens (tertiary/aromatic N) is 5. The molecule has 5 aromatic rings. The highest BCUT2D eigenvalue weighted by molar-refractivity contribution is 6.11. The van der Waals surface area contributed by atoms with Crippen LogP contribution in [-0.2, 0) is 11.8 Å². The molecular formula is C29H20F3N7O2. The van der Waals surface area contributed by atoms with Crippen molar-refractivity contribution in [2.75, 3.05) is 11.1 Å². The predicted molar refractivity (Wildman–Crippen MR) is 147 cm³/mol. The molecule has 0 radical (unpaired) electrons. The molecule has 0 saturated carbocycles. The number of hydrogen-bond acceptors (Lipinski definition) is 7. The summed E-state index contributed by atoms with van der Waals surface area (Å²) in [4.78, 5) is 23.4. The first-order valence-corrected chi connectivity index (χ1v) is 12.0. The third-order valence-corrected chi connectivity index (χ3v) is 6.27. The van der Waals surface area contributed by atoms with Crippen LogP contribution in [0.15, 0.2) is 73.6 Å². The molecular weight excluding hydrogens is 535 g/mol.